The van der Waals surface area contributed by atoms with Crippen LogP contribution in [0.4, 0.5) is 17.6 Å². The van der Waals surface area contributed by atoms with Crippen molar-refractivity contribution >= 4 is 17.7 Å². The van der Waals surface area contributed by atoms with Crippen LogP contribution >= 0.6 is 11.8 Å². The molecule has 2 aliphatic heterocycles. The summed E-state index contributed by atoms with van der Waals surface area (Å²) in [4.78, 5) is 26.6. The Morgan fingerprint density at radius 1 is 1.09 bits per heavy atom. The smallest absolute Gasteiger partial charge is 0.408 e. The van der Waals surface area contributed by atoms with E-state index in [0.29, 0.717) is 21.8 Å². The van der Waals surface area contributed by atoms with Crippen molar-refractivity contribution in [2.75, 3.05) is 11.7 Å². The van der Waals surface area contributed by atoms with Gasteiger partial charge in [0.25, 0.3) is 5.91 Å². The number of aromatic nitrogens is 1. The largest absolute Gasteiger partial charge is 0.502 e. The molecule has 0 radical (unpaired) electrons. The van der Waals surface area contributed by atoms with Gasteiger partial charge in [-0.3, -0.25) is 19.3 Å². The van der Waals surface area contributed by atoms with E-state index < -0.39 is 53.5 Å². The van der Waals surface area contributed by atoms with Gasteiger partial charge in [0.2, 0.25) is 5.43 Å². The quantitative estimate of drug-likeness (QED) is 0.524. The van der Waals surface area contributed by atoms with Crippen LogP contribution in [0.25, 0.3) is 0 Å². The lowest BCUT2D eigenvalue weighted by atomic mass is 9.94. The maximum atomic E-state index is 14.5. The van der Waals surface area contributed by atoms with Crippen molar-refractivity contribution in [2.45, 2.75) is 35.8 Å². The first-order chi connectivity index (χ1) is 16.6. The van der Waals surface area contributed by atoms with Gasteiger partial charge in [0, 0.05) is 22.9 Å². The van der Waals surface area contributed by atoms with E-state index in [-0.39, 0.29) is 0 Å². The fourth-order valence-corrected chi connectivity index (χ4v) is 5.55. The van der Waals surface area contributed by atoms with Crippen molar-refractivity contribution < 1.29 is 27.5 Å². The minimum Gasteiger partial charge on any atom is -0.502 e. The normalized spacial score (nSPS) is 18.4. The van der Waals surface area contributed by atoms with Gasteiger partial charge in [0.1, 0.15) is 18.5 Å². The fourth-order valence-electron chi connectivity index (χ4n) is 4.48. The van der Waals surface area contributed by atoms with E-state index in [1.165, 1.54) is 39.8 Å². The molecule has 2 atom stereocenters. The number of carbonyl (C=O) groups excluding carboxylic acids is 1. The van der Waals surface area contributed by atoms with Crippen LogP contribution in [0.5, 0.6) is 5.75 Å². The lowest BCUT2D eigenvalue weighted by Gasteiger charge is -2.46. The number of carbonyl (C=O) groups is 1. The van der Waals surface area contributed by atoms with E-state index in [9.17, 15) is 32.3 Å². The van der Waals surface area contributed by atoms with Gasteiger partial charge in [-0.1, -0.05) is 24.3 Å². The predicted octanol–water partition coefficient (Wildman–Crippen LogP) is 4.39. The van der Waals surface area contributed by atoms with Crippen molar-refractivity contribution in [3.8, 4) is 5.75 Å². The van der Waals surface area contributed by atoms with E-state index in [2.05, 4.69) is 0 Å². The molecule has 3 heterocycles. The molecule has 5 rings (SSSR count). The Hall–Kier alpha value is -3.47. The molecule has 0 saturated heterocycles. The van der Waals surface area contributed by atoms with Gasteiger partial charge in [-0.05, 0) is 41.8 Å². The molecule has 0 aliphatic carbocycles. The van der Waals surface area contributed by atoms with Crippen LogP contribution in [0.1, 0.15) is 40.1 Å². The number of rotatable bonds is 2. The average Bonchev–Trinajstić information content (AvgIpc) is 2.97. The third-order valence-electron chi connectivity index (χ3n) is 6.33. The summed E-state index contributed by atoms with van der Waals surface area (Å²) in [6.07, 6.45) is -3.51. The zero-order valence-corrected chi connectivity index (χ0v) is 19.1. The Balaban J connectivity index is 1.79. The number of pyridine rings is 1. The molecule has 3 aromatic rings. The van der Waals surface area contributed by atoms with Crippen LogP contribution in [0.15, 0.2) is 64.4 Å². The van der Waals surface area contributed by atoms with Gasteiger partial charge in [-0.25, -0.2) is 4.39 Å². The van der Waals surface area contributed by atoms with Gasteiger partial charge in [-0.15, -0.1) is 11.8 Å². The molecule has 1 amide bonds. The van der Waals surface area contributed by atoms with Crippen molar-refractivity contribution in [1.29, 1.82) is 0 Å². The zero-order chi connectivity index (χ0) is 25.1. The molecule has 0 fully saturated rings. The molecular weight excluding hydrogens is 486 g/mol. The lowest BCUT2D eigenvalue weighted by Crippen LogP contribution is -2.60. The van der Waals surface area contributed by atoms with E-state index in [4.69, 9.17) is 0 Å². The van der Waals surface area contributed by atoms with Crippen LogP contribution in [-0.2, 0) is 5.75 Å². The van der Waals surface area contributed by atoms with Gasteiger partial charge in [0.05, 0.1) is 6.04 Å². The predicted molar refractivity (Wildman–Crippen MR) is 121 cm³/mol. The first-order valence-corrected chi connectivity index (χ1v) is 11.7. The Kier molecular flexibility index (Phi) is 5.54. The number of alkyl halides is 3. The summed E-state index contributed by atoms with van der Waals surface area (Å²) in [5.41, 5.74) is 0.625. The Morgan fingerprint density at radius 3 is 2.57 bits per heavy atom. The number of thioether (sulfide) groups is 1. The summed E-state index contributed by atoms with van der Waals surface area (Å²) < 4.78 is 56.8. The molecule has 35 heavy (non-hydrogen) atoms. The fraction of sp³-hybridized carbons (Fsp3) is 0.250. The highest BCUT2D eigenvalue weighted by molar-refractivity contribution is 7.98. The second-order valence-electron chi connectivity index (χ2n) is 8.37. The summed E-state index contributed by atoms with van der Waals surface area (Å²) in [7, 11) is 0. The standard InChI is InChI=1S/C24H19F4N3O3S/c1-13(24(26,27)28)29-12-31(30-9-8-18(32)22(33)21(30)23(29)34)20-16-5-3-2-4-14(16)11-35-19-7-6-15(25)10-17(19)20/h2-10,13,20,33H,11-12H2,1H3/t13-,20+/m1/s1. The SMILES string of the molecule is C[C@@H](N1CN([C@H]2c3ccccc3CSc3ccc(F)cc32)n2ccc(=O)c(O)c2C1=O)C(F)(F)F. The third kappa shape index (κ3) is 3.83. The van der Waals surface area contributed by atoms with Crippen LogP contribution in [0.2, 0.25) is 0 Å². The van der Waals surface area contributed by atoms with E-state index in [1.807, 2.05) is 12.1 Å². The van der Waals surface area contributed by atoms with Gasteiger partial charge < -0.3 is 10.0 Å². The third-order valence-corrected chi connectivity index (χ3v) is 7.47. The van der Waals surface area contributed by atoms with Crippen molar-refractivity contribution in [3.05, 3.63) is 93.2 Å². The molecule has 182 valence electrons. The van der Waals surface area contributed by atoms with Gasteiger partial charge >= 0.3 is 6.18 Å². The molecule has 0 saturated carbocycles. The topological polar surface area (TPSA) is 65.8 Å². The van der Waals surface area contributed by atoms with Crippen LogP contribution < -0.4 is 10.4 Å². The molecule has 2 aliphatic rings. The summed E-state index contributed by atoms with van der Waals surface area (Å²) in [6, 6.07) is 9.56. The number of halogens is 4. The minimum absolute atomic E-state index is 0.498. The first-order valence-electron chi connectivity index (χ1n) is 10.7. The maximum Gasteiger partial charge on any atom is 0.408 e. The number of hydrogen-bond acceptors (Lipinski definition) is 5. The van der Waals surface area contributed by atoms with E-state index in [1.54, 1.807) is 18.2 Å². The first kappa shape index (κ1) is 23.3. The maximum absolute atomic E-state index is 14.5. The molecule has 11 heteroatoms. The van der Waals surface area contributed by atoms with Crippen LogP contribution in [0, 0.1) is 5.82 Å². The van der Waals surface area contributed by atoms with E-state index >= 15 is 0 Å². The molecule has 1 aromatic heterocycles. The number of benzene rings is 2. The van der Waals surface area contributed by atoms with Crippen molar-refractivity contribution in [2.24, 2.45) is 0 Å². The summed E-state index contributed by atoms with van der Waals surface area (Å²) in [5, 5.41) is 11.9. The number of aromatic hydroxyl groups is 1. The van der Waals surface area contributed by atoms with Gasteiger partial charge in [0.15, 0.2) is 11.4 Å². The highest BCUT2D eigenvalue weighted by Gasteiger charge is 2.47. The number of hydrogen-bond donors (Lipinski definition) is 1. The molecule has 0 bridgehead atoms. The Labute approximate surface area is 201 Å². The van der Waals surface area contributed by atoms with Crippen LogP contribution in [-0.4, -0.2) is 39.5 Å². The lowest BCUT2D eigenvalue weighted by molar-refractivity contribution is -0.173. The molecule has 1 N–H and O–H groups in total. The molecule has 0 spiro atoms. The monoisotopic (exact) mass is 505 g/mol. The Morgan fingerprint density at radius 2 is 1.83 bits per heavy atom. The molecular formula is C24H19F4N3O3S. The second kappa shape index (κ2) is 8.33. The van der Waals surface area contributed by atoms with Crippen LogP contribution in [0.3, 0.4) is 0 Å². The number of amides is 1. The summed E-state index contributed by atoms with van der Waals surface area (Å²) in [5.74, 6) is -2.05. The van der Waals surface area contributed by atoms with Crippen molar-refractivity contribution in [1.82, 2.24) is 9.58 Å². The zero-order valence-electron chi connectivity index (χ0n) is 18.3. The highest BCUT2D eigenvalue weighted by Crippen LogP contribution is 2.43. The molecule has 0 unspecified atom stereocenters. The molecule has 2 aromatic carbocycles. The second-order valence-corrected chi connectivity index (χ2v) is 9.38. The summed E-state index contributed by atoms with van der Waals surface area (Å²) >= 11 is 1.46. The van der Waals surface area contributed by atoms with E-state index in [0.717, 1.165) is 23.4 Å². The minimum atomic E-state index is -4.75. The highest BCUT2D eigenvalue weighted by atomic mass is 32.2. The van der Waals surface area contributed by atoms with Crippen molar-refractivity contribution in [3.63, 3.8) is 0 Å². The van der Waals surface area contributed by atoms with Gasteiger partial charge in [-0.2, -0.15) is 13.2 Å². The summed E-state index contributed by atoms with van der Waals surface area (Å²) in [6.45, 7) is 0.322. The average molecular weight is 505 g/mol. The Bertz CT molecular complexity index is 1390. The number of nitrogens with zero attached hydrogens (tertiary/aromatic N) is 3. The molecule has 6 nitrogen and oxygen atoms in total. The number of fused-ring (bicyclic) bond motifs is 3.